The van der Waals surface area contributed by atoms with Gasteiger partial charge in [0.05, 0.1) is 0 Å². The van der Waals surface area contributed by atoms with Crippen LogP contribution in [0.1, 0.15) is 52.0 Å². The number of rotatable bonds is 5. The predicted octanol–water partition coefficient (Wildman–Crippen LogP) is 4.97. The van der Waals surface area contributed by atoms with Crippen LogP contribution in [-0.4, -0.2) is 12.6 Å². The van der Waals surface area contributed by atoms with E-state index in [-0.39, 0.29) is 0 Å². The van der Waals surface area contributed by atoms with Crippen molar-refractivity contribution in [3.05, 3.63) is 34.3 Å². The predicted molar refractivity (Wildman–Crippen MR) is 86.5 cm³/mol. The summed E-state index contributed by atoms with van der Waals surface area (Å²) < 4.78 is 1.17. The lowest BCUT2D eigenvalue weighted by atomic mass is 9.46. The molecule has 0 aliphatic heterocycles. The van der Waals surface area contributed by atoms with Gasteiger partial charge in [-0.25, -0.2) is 0 Å². The lowest BCUT2D eigenvalue weighted by Gasteiger charge is -2.61. The van der Waals surface area contributed by atoms with Gasteiger partial charge in [-0.3, -0.25) is 0 Å². The topological polar surface area (TPSA) is 12.0 Å². The molecule has 1 aliphatic rings. The Morgan fingerprint density at radius 3 is 2.16 bits per heavy atom. The van der Waals surface area contributed by atoms with Gasteiger partial charge in [-0.05, 0) is 54.3 Å². The van der Waals surface area contributed by atoms with Gasteiger partial charge in [0.25, 0.3) is 0 Å². The van der Waals surface area contributed by atoms with E-state index in [9.17, 15) is 0 Å². The Balaban J connectivity index is 2.31. The van der Waals surface area contributed by atoms with Crippen molar-refractivity contribution in [2.75, 3.05) is 6.54 Å². The van der Waals surface area contributed by atoms with Crippen molar-refractivity contribution in [3.63, 3.8) is 0 Å². The molecule has 1 nitrogen and oxygen atoms in total. The van der Waals surface area contributed by atoms with Crippen LogP contribution in [-0.2, 0) is 0 Å². The molecule has 106 valence electrons. The van der Waals surface area contributed by atoms with Crippen molar-refractivity contribution >= 4 is 15.9 Å². The summed E-state index contributed by atoms with van der Waals surface area (Å²) in [5.41, 5.74) is 1.94. The zero-order valence-corrected chi connectivity index (χ0v) is 14.1. The molecular weight excluding hydrogens is 298 g/mol. The van der Waals surface area contributed by atoms with Crippen LogP contribution >= 0.6 is 15.9 Å². The molecule has 19 heavy (non-hydrogen) atoms. The molecule has 1 aliphatic carbocycles. The molecule has 2 heteroatoms. The summed E-state index contributed by atoms with van der Waals surface area (Å²) in [6.45, 7) is 10.4. The molecule has 0 bridgehead atoms. The summed E-state index contributed by atoms with van der Waals surface area (Å²) in [6, 6.07) is 9.62. The first-order valence-electron chi connectivity index (χ1n) is 7.59. The van der Waals surface area contributed by atoms with Gasteiger partial charge >= 0.3 is 0 Å². The minimum atomic E-state index is 0.434. The number of nitrogens with one attached hydrogen (secondary N) is 1. The quantitative estimate of drug-likeness (QED) is 0.806. The molecule has 3 unspecified atom stereocenters. The van der Waals surface area contributed by atoms with Crippen LogP contribution in [0.25, 0.3) is 0 Å². The van der Waals surface area contributed by atoms with Crippen LogP contribution in [0.5, 0.6) is 0 Å². The van der Waals surface area contributed by atoms with E-state index in [1.165, 1.54) is 22.9 Å². The SMILES string of the molecule is CCNC1C(C)C(c2ccc(Br)cc2)C1(CC)CC. The summed E-state index contributed by atoms with van der Waals surface area (Å²) in [5, 5.41) is 3.73. The van der Waals surface area contributed by atoms with Crippen molar-refractivity contribution in [3.8, 4) is 0 Å². The van der Waals surface area contributed by atoms with E-state index in [4.69, 9.17) is 0 Å². The molecule has 2 rings (SSSR count). The Labute approximate surface area is 126 Å². The van der Waals surface area contributed by atoms with Crippen molar-refractivity contribution in [1.82, 2.24) is 5.32 Å². The highest BCUT2D eigenvalue weighted by molar-refractivity contribution is 9.10. The average molecular weight is 324 g/mol. The molecule has 3 atom stereocenters. The molecule has 1 saturated carbocycles. The number of benzene rings is 1. The standard InChI is InChI=1S/C17H26BrN/c1-5-17(6-2)15(12(4)16(17)19-7-3)13-8-10-14(18)11-9-13/h8-12,15-16,19H,5-7H2,1-4H3. The molecule has 1 aromatic rings. The second-order valence-electron chi connectivity index (χ2n) is 5.86. The Kier molecular flexibility index (Phi) is 4.73. The number of hydrogen-bond acceptors (Lipinski definition) is 1. The fourth-order valence-corrected chi connectivity index (χ4v) is 4.62. The van der Waals surface area contributed by atoms with E-state index in [1.807, 2.05) is 0 Å². The van der Waals surface area contributed by atoms with Crippen LogP contribution < -0.4 is 5.32 Å². The van der Waals surface area contributed by atoms with Gasteiger partial charge in [-0.2, -0.15) is 0 Å². The summed E-state index contributed by atoms with van der Waals surface area (Å²) >= 11 is 3.54. The third-order valence-electron chi connectivity index (χ3n) is 5.26. The van der Waals surface area contributed by atoms with E-state index < -0.39 is 0 Å². The Bertz CT molecular complexity index is 408. The molecule has 0 aromatic heterocycles. The zero-order chi connectivity index (χ0) is 14.0. The highest BCUT2D eigenvalue weighted by Gasteiger charge is 2.57. The Morgan fingerprint density at radius 1 is 1.11 bits per heavy atom. The van der Waals surface area contributed by atoms with Gasteiger partial charge in [0, 0.05) is 10.5 Å². The van der Waals surface area contributed by atoms with Gasteiger partial charge in [0.15, 0.2) is 0 Å². The first kappa shape index (κ1) is 15.1. The van der Waals surface area contributed by atoms with Crippen molar-refractivity contribution in [2.45, 2.75) is 52.5 Å². The Morgan fingerprint density at radius 2 is 1.68 bits per heavy atom. The zero-order valence-electron chi connectivity index (χ0n) is 12.5. The van der Waals surface area contributed by atoms with E-state index in [0.717, 1.165) is 12.5 Å². The molecule has 0 heterocycles. The van der Waals surface area contributed by atoms with Crippen molar-refractivity contribution < 1.29 is 0 Å². The van der Waals surface area contributed by atoms with Crippen molar-refractivity contribution in [2.24, 2.45) is 11.3 Å². The first-order chi connectivity index (χ1) is 9.10. The van der Waals surface area contributed by atoms with Crippen LogP contribution in [0.15, 0.2) is 28.7 Å². The summed E-state index contributed by atoms with van der Waals surface area (Å²) in [6.07, 6.45) is 2.51. The lowest BCUT2D eigenvalue weighted by molar-refractivity contribution is -0.0386. The maximum Gasteiger partial charge on any atom is 0.0175 e. The minimum Gasteiger partial charge on any atom is -0.313 e. The maximum absolute atomic E-state index is 3.73. The van der Waals surface area contributed by atoms with E-state index >= 15 is 0 Å². The molecule has 0 radical (unpaired) electrons. The van der Waals surface area contributed by atoms with Gasteiger partial charge in [-0.1, -0.05) is 55.8 Å². The largest absolute Gasteiger partial charge is 0.313 e. The van der Waals surface area contributed by atoms with Gasteiger partial charge in [0.2, 0.25) is 0 Å². The minimum absolute atomic E-state index is 0.434. The molecule has 0 saturated heterocycles. The van der Waals surface area contributed by atoms with E-state index in [2.05, 4.69) is 73.2 Å². The highest BCUT2D eigenvalue weighted by atomic mass is 79.9. The number of hydrogen-bond donors (Lipinski definition) is 1. The summed E-state index contributed by atoms with van der Waals surface area (Å²) in [4.78, 5) is 0. The van der Waals surface area contributed by atoms with Gasteiger partial charge in [0.1, 0.15) is 0 Å². The van der Waals surface area contributed by atoms with Gasteiger partial charge < -0.3 is 5.32 Å². The lowest BCUT2D eigenvalue weighted by Crippen LogP contribution is -2.63. The Hall–Kier alpha value is -0.340. The fourth-order valence-electron chi connectivity index (χ4n) is 4.36. The van der Waals surface area contributed by atoms with E-state index in [1.54, 1.807) is 0 Å². The normalized spacial score (nSPS) is 29.0. The van der Waals surface area contributed by atoms with E-state index in [0.29, 0.717) is 17.4 Å². The van der Waals surface area contributed by atoms with Crippen LogP contribution in [0.4, 0.5) is 0 Å². The first-order valence-corrected chi connectivity index (χ1v) is 8.38. The molecule has 0 amide bonds. The highest BCUT2D eigenvalue weighted by Crippen LogP contribution is 2.60. The van der Waals surface area contributed by atoms with Crippen molar-refractivity contribution in [1.29, 1.82) is 0 Å². The van der Waals surface area contributed by atoms with Crippen LogP contribution in [0.3, 0.4) is 0 Å². The maximum atomic E-state index is 3.73. The average Bonchev–Trinajstić information content (AvgIpc) is 2.43. The molecular formula is C17H26BrN. The fraction of sp³-hybridized carbons (Fsp3) is 0.647. The molecule has 1 N–H and O–H groups in total. The monoisotopic (exact) mass is 323 g/mol. The molecule has 1 fully saturated rings. The molecule has 1 aromatic carbocycles. The smallest absolute Gasteiger partial charge is 0.0175 e. The van der Waals surface area contributed by atoms with Crippen LogP contribution in [0.2, 0.25) is 0 Å². The second kappa shape index (κ2) is 5.97. The third-order valence-corrected chi connectivity index (χ3v) is 5.79. The second-order valence-corrected chi connectivity index (χ2v) is 6.78. The number of halogens is 1. The molecule has 0 spiro atoms. The van der Waals surface area contributed by atoms with Gasteiger partial charge in [-0.15, -0.1) is 0 Å². The van der Waals surface area contributed by atoms with Crippen LogP contribution in [0, 0.1) is 11.3 Å². The summed E-state index contributed by atoms with van der Waals surface area (Å²) in [7, 11) is 0. The summed E-state index contributed by atoms with van der Waals surface area (Å²) in [5.74, 6) is 1.42. The third kappa shape index (κ3) is 2.38.